The summed E-state index contributed by atoms with van der Waals surface area (Å²) in [6.07, 6.45) is -4.71. The van der Waals surface area contributed by atoms with Crippen LogP contribution in [0.25, 0.3) is 22.2 Å². The molecule has 0 unspecified atom stereocenters. The largest absolute Gasteiger partial charge is 0.489 e. The summed E-state index contributed by atoms with van der Waals surface area (Å²) in [5.74, 6) is -2.99. The molecule has 200 valence electrons. The van der Waals surface area contributed by atoms with Crippen LogP contribution in [0.2, 0.25) is 0 Å². The van der Waals surface area contributed by atoms with Crippen LogP contribution in [-0.4, -0.2) is 9.78 Å². The summed E-state index contributed by atoms with van der Waals surface area (Å²) >= 11 is 0. The van der Waals surface area contributed by atoms with Crippen LogP contribution in [-0.2, 0) is 19.3 Å². The Morgan fingerprint density at radius 2 is 1.56 bits per heavy atom. The van der Waals surface area contributed by atoms with Gasteiger partial charge in [0.1, 0.15) is 35.3 Å². The van der Waals surface area contributed by atoms with Gasteiger partial charge in [-0.15, -0.1) is 0 Å². The predicted octanol–water partition coefficient (Wildman–Crippen LogP) is 8.38. The first-order chi connectivity index (χ1) is 18.5. The number of rotatable bonds is 6. The molecular formula is C30H22F6N2O. The fourth-order valence-electron chi connectivity index (χ4n) is 4.52. The van der Waals surface area contributed by atoms with E-state index in [1.54, 1.807) is 24.3 Å². The Hall–Kier alpha value is -4.27. The van der Waals surface area contributed by atoms with Crippen molar-refractivity contribution in [1.29, 1.82) is 0 Å². The van der Waals surface area contributed by atoms with Crippen molar-refractivity contribution < 1.29 is 31.1 Å². The van der Waals surface area contributed by atoms with Crippen LogP contribution < -0.4 is 4.74 Å². The second-order valence-electron chi connectivity index (χ2n) is 9.30. The average molecular weight is 541 g/mol. The molecule has 5 aromatic rings. The van der Waals surface area contributed by atoms with E-state index in [2.05, 4.69) is 5.10 Å². The molecule has 1 heterocycles. The number of aromatic nitrogens is 2. The number of hydrogen-bond acceptors (Lipinski definition) is 2. The van der Waals surface area contributed by atoms with Crippen molar-refractivity contribution in [2.45, 2.75) is 33.2 Å². The lowest BCUT2D eigenvalue weighted by Gasteiger charge is -2.13. The minimum absolute atomic E-state index is 0.138. The molecule has 0 aliphatic heterocycles. The highest BCUT2D eigenvalue weighted by Crippen LogP contribution is 2.39. The van der Waals surface area contributed by atoms with Gasteiger partial charge in [-0.3, -0.25) is 4.68 Å². The Morgan fingerprint density at radius 1 is 0.846 bits per heavy atom. The number of halogens is 6. The lowest BCUT2D eigenvalue weighted by Crippen LogP contribution is -2.09. The molecule has 39 heavy (non-hydrogen) atoms. The zero-order valence-electron chi connectivity index (χ0n) is 20.9. The Labute approximate surface area is 220 Å². The normalized spacial score (nSPS) is 11.8. The summed E-state index contributed by atoms with van der Waals surface area (Å²) in [6, 6.07) is 17.3. The highest BCUT2D eigenvalue weighted by molar-refractivity contribution is 5.95. The molecule has 1 aromatic heterocycles. The number of benzene rings is 4. The molecule has 0 radical (unpaired) electrons. The van der Waals surface area contributed by atoms with Crippen LogP contribution >= 0.6 is 0 Å². The van der Waals surface area contributed by atoms with Gasteiger partial charge in [-0.2, -0.15) is 18.3 Å². The topological polar surface area (TPSA) is 27.1 Å². The second kappa shape index (κ2) is 10.1. The average Bonchev–Trinajstić information content (AvgIpc) is 3.24. The first-order valence-corrected chi connectivity index (χ1v) is 12.0. The van der Waals surface area contributed by atoms with E-state index < -0.39 is 41.3 Å². The molecule has 0 saturated heterocycles. The zero-order valence-corrected chi connectivity index (χ0v) is 20.9. The van der Waals surface area contributed by atoms with Crippen molar-refractivity contribution in [3.05, 3.63) is 118 Å². The highest BCUT2D eigenvalue weighted by atomic mass is 19.4. The lowest BCUT2D eigenvalue weighted by atomic mass is 10.0. The maximum atomic E-state index is 14.5. The second-order valence-corrected chi connectivity index (χ2v) is 9.30. The molecule has 0 atom stereocenters. The molecular weight excluding hydrogens is 518 g/mol. The van der Waals surface area contributed by atoms with Crippen LogP contribution in [0.5, 0.6) is 5.75 Å². The molecule has 0 N–H and O–H groups in total. The first kappa shape index (κ1) is 26.3. The third-order valence-electron chi connectivity index (χ3n) is 6.50. The molecule has 5 rings (SSSR count). The molecule has 0 aliphatic rings. The van der Waals surface area contributed by atoms with Crippen molar-refractivity contribution in [2.24, 2.45) is 0 Å². The number of aryl methyl sites for hydroxylation is 2. The molecule has 0 bridgehead atoms. The zero-order chi connectivity index (χ0) is 27.9. The van der Waals surface area contributed by atoms with Gasteiger partial charge >= 0.3 is 6.18 Å². The van der Waals surface area contributed by atoms with Crippen LogP contribution in [0.15, 0.2) is 72.8 Å². The number of nitrogens with zero attached hydrogens (tertiary/aromatic N) is 2. The van der Waals surface area contributed by atoms with E-state index >= 15 is 0 Å². The van der Waals surface area contributed by atoms with E-state index in [9.17, 15) is 26.3 Å². The summed E-state index contributed by atoms with van der Waals surface area (Å²) < 4.78 is 91.1. The van der Waals surface area contributed by atoms with E-state index in [-0.39, 0.29) is 23.2 Å². The highest BCUT2D eigenvalue weighted by Gasteiger charge is 2.34. The van der Waals surface area contributed by atoms with Crippen LogP contribution in [0.4, 0.5) is 26.3 Å². The van der Waals surface area contributed by atoms with Crippen molar-refractivity contribution in [3.8, 4) is 17.0 Å². The smallest absolute Gasteiger partial charge is 0.418 e. The number of fused-ring (bicyclic) bond motifs is 1. The predicted molar refractivity (Wildman–Crippen MR) is 136 cm³/mol. The molecule has 0 saturated carbocycles. The van der Waals surface area contributed by atoms with Crippen LogP contribution in [0.3, 0.4) is 0 Å². The van der Waals surface area contributed by atoms with Gasteiger partial charge in [-0.1, -0.05) is 48.0 Å². The van der Waals surface area contributed by atoms with E-state index in [4.69, 9.17) is 4.74 Å². The molecule has 0 amide bonds. The fourth-order valence-corrected chi connectivity index (χ4v) is 4.52. The maximum Gasteiger partial charge on any atom is 0.418 e. The van der Waals surface area contributed by atoms with Gasteiger partial charge in [0.25, 0.3) is 0 Å². The third kappa shape index (κ3) is 5.34. The van der Waals surface area contributed by atoms with Crippen LogP contribution in [0.1, 0.15) is 27.8 Å². The number of alkyl halides is 3. The van der Waals surface area contributed by atoms with E-state index in [1.807, 2.05) is 32.0 Å². The van der Waals surface area contributed by atoms with Crippen molar-refractivity contribution >= 4 is 10.9 Å². The Morgan fingerprint density at radius 3 is 2.28 bits per heavy atom. The van der Waals surface area contributed by atoms with E-state index in [0.29, 0.717) is 23.4 Å². The summed E-state index contributed by atoms with van der Waals surface area (Å²) in [5, 5.41) is 4.27. The molecule has 0 aliphatic carbocycles. The quantitative estimate of drug-likeness (QED) is 0.202. The van der Waals surface area contributed by atoms with Crippen molar-refractivity contribution in [3.63, 3.8) is 0 Å². The van der Waals surface area contributed by atoms with Crippen molar-refractivity contribution in [2.75, 3.05) is 0 Å². The standard InChI is InChI=1S/C30H22F6N2O/c1-17-9-10-18(2)20(11-17)16-39-22-6-3-5-19(12-22)29-23-7-4-8-25(30(34,35)36)28(23)37-38(29)15-24-26(32)13-21(31)14-27(24)33/h3-14H,15-16H2,1-2H3. The van der Waals surface area contributed by atoms with Gasteiger partial charge in [0.05, 0.1) is 17.8 Å². The van der Waals surface area contributed by atoms with Gasteiger partial charge in [0.2, 0.25) is 0 Å². The van der Waals surface area contributed by atoms with Gasteiger partial charge < -0.3 is 4.74 Å². The molecule has 0 fully saturated rings. The van der Waals surface area contributed by atoms with Gasteiger partial charge in [0.15, 0.2) is 0 Å². The minimum Gasteiger partial charge on any atom is -0.489 e. The van der Waals surface area contributed by atoms with Gasteiger partial charge in [0, 0.05) is 28.6 Å². The summed E-state index contributed by atoms with van der Waals surface area (Å²) in [4.78, 5) is 0. The van der Waals surface area contributed by atoms with Gasteiger partial charge in [-0.25, -0.2) is 13.2 Å². The molecule has 9 heteroatoms. The lowest BCUT2D eigenvalue weighted by molar-refractivity contribution is -0.136. The van der Waals surface area contributed by atoms with E-state index in [0.717, 1.165) is 27.4 Å². The summed E-state index contributed by atoms with van der Waals surface area (Å²) in [7, 11) is 0. The summed E-state index contributed by atoms with van der Waals surface area (Å²) in [5.41, 5.74) is 1.85. The Kier molecular flexibility index (Phi) is 6.84. The number of hydrogen-bond donors (Lipinski definition) is 0. The maximum absolute atomic E-state index is 14.5. The van der Waals surface area contributed by atoms with Crippen molar-refractivity contribution in [1.82, 2.24) is 9.78 Å². The molecule has 0 spiro atoms. The SMILES string of the molecule is Cc1ccc(C)c(COc2cccc(-c3c4cccc(C(F)(F)F)c4nn3Cc3c(F)cc(F)cc3F)c2)c1. The summed E-state index contributed by atoms with van der Waals surface area (Å²) in [6.45, 7) is 3.64. The third-order valence-corrected chi connectivity index (χ3v) is 6.50. The molecule has 3 nitrogen and oxygen atoms in total. The Balaban J connectivity index is 1.62. The minimum atomic E-state index is -4.71. The van der Waals surface area contributed by atoms with E-state index in [1.165, 1.54) is 12.1 Å². The number of ether oxygens (including phenoxy) is 1. The Bertz CT molecular complexity index is 1670. The monoisotopic (exact) mass is 540 g/mol. The first-order valence-electron chi connectivity index (χ1n) is 12.0. The van der Waals surface area contributed by atoms with Gasteiger partial charge in [-0.05, 0) is 43.2 Å². The van der Waals surface area contributed by atoms with Crippen LogP contribution in [0, 0.1) is 31.3 Å². The fraction of sp³-hybridized carbons (Fsp3) is 0.167. The molecule has 4 aromatic carbocycles.